The Kier molecular flexibility index (Phi) is 5.70. The Hall–Kier alpha value is -1.26. The third kappa shape index (κ3) is 3.93. The van der Waals surface area contributed by atoms with Crippen molar-refractivity contribution in [2.24, 2.45) is 5.92 Å². The van der Waals surface area contributed by atoms with E-state index in [0.717, 1.165) is 12.0 Å². The highest BCUT2D eigenvalue weighted by molar-refractivity contribution is 6.35. The van der Waals surface area contributed by atoms with Crippen LogP contribution < -0.4 is 0 Å². The number of amides is 1. The number of aliphatic carboxylic acids is 1. The quantitative estimate of drug-likeness (QED) is 0.907. The lowest BCUT2D eigenvalue weighted by Gasteiger charge is -2.37. The second-order valence-electron chi connectivity index (χ2n) is 5.65. The SMILES string of the molecule is C[C@@H]1[C@H](C(=O)O)CCCN1C(=O)CCc1ccc(Cl)cc1Cl. The molecule has 1 aliphatic rings. The van der Waals surface area contributed by atoms with Crippen molar-refractivity contribution < 1.29 is 14.7 Å². The minimum absolute atomic E-state index is 0.0236. The highest BCUT2D eigenvalue weighted by Gasteiger charge is 2.34. The number of likely N-dealkylation sites (tertiary alicyclic amines) is 1. The Morgan fingerprint density at radius 1 is 1.36 bits per heavy atom. The number of hydrogen-bond donors (Lipinski definition) is 1. The Bertz CT molecular complexity index is 577. The average Bonchev–Trinajstić information content (AvgIpc) is 2.46. The van der Waals surface area contributed by atoms with E-state index in [0.29, 0.717) is 35.9 Å². The van der Waals surface area contributed by atoms with Gasteiger partial charge in [0.25, 0.3) is 0 Å². The number of hydrogen-bond acceptors (Lipinski definition) is 2. The molecule has 2 rings (SSSR count). The average molecular weight is 344 g/mol. The molecule has 1 aromatic carbocycles. The Labute approximate surface area is 140 Å². The van der Waals surface area contributed by atoms with Crippen LogP contribution in [0.3, 0.4) is 0 Å². The lowest BCUT2D eigenvalue weighted by atomic mass is 9.90. The second-order valence-corrected chi connectivity index (χ2v) is 6.49. The van der Waals surface area contributed by atoms with E-state index in [1.807, 2.05) is 13.0 Å². The van der Waals surface area contributed by atoms with Crippen LogP contribution in [0.5, 0.6) is 0 Å². The maximum atomic E-state index is 12.4. The van der Waals surface area contributed by atoms with Crippen LogP contribution in [0.25, 0.3) is 0 Å². The summed E-state index contributed by atoms with van der Waals surface area (Å²) in [6.45, 7) is 2.43. The van der Waals surface area contributed by atoms with Gasteiger partial charge in [0.1, 0.15) is 0 Å². The number of piperidine rings is 1. The van der Waals surface area contributed by atoms with E-state index < -0.39 is 11.9 Å². The fraction of sp³-hybridized carbons (Fsp3) is 0.500. The first-order valence-electron chi connectivity index (χ1n) is 7.36. The van der Waals surface area contributed by atoms with Crippen molar-refractivity contribution in [1.82, 2.24) is 4.90 Å². The number of aryl methyl sites for hydroxylation is 1. The molecule has 1 amide bonds. The van der Waals surface area contributed by atoms with E-state index >= 15 is 0 Å². The highest BCUT2D eigenvalue weighted by Crippen LogP contribution is 2.26. The van der Waals surface area contributed by atoms with Crippen LogP contribution in [0, 0.1) is 5.92 Å². The van der Waals surface area contributed by atoms with Gasteiger partial charge in [0.2, 0.25) is 5.91 Å². The van der Waals surface area contributed by atoms with E-state index in [1.165, 1.54) is 0 Å². The predicted octanol–water partition coefficient (Wildman–Crippen LogP) is 3.64. The summed E-state index contributed by atoms with van der Waals surface area (Å²) in [7, 11) is 0. The van der Waals surface area contributed by atoms with Crippen LogP contribution >= 0.6 is 23.2 Å². The molecular formula is C16H19Cl2NO3. The molecule has 1 aromatic rings. The summed E-state index contributed by atoms with van der Waals surface area (Å²) in [5.74, 6) is -1.33. The molecule has 1 N–H and O–H groups in total. The monoisotopic (exact) mass is 343 g/mol. The summed E-state index contributed by atoms with van der Waals surface area (Å²) >= 11 is 12.0. The summed E-state index contributed by atoms with van der Waals surface area (Å²) in [5.41, 5.74) is 0.874. The first kappa shape index (κ1) is 17.1. The molecule has 0 unspecified atom stereocenters. The number of benzene rings is 1. The fourth-order valence-corrected chi connectivity index (χ4v) is 3.44. The number of carboxylic acids is 1. The normalized spacial score (nSPS) is 21.7. The van der Waals surface area contributed by atoms with Crippen molar-refractivity contribution in [2.75, 3.05) is 6.54 Å². The lowest BCUT2D eigenvalue weighted by molar-refractivity contribution is -0.149. The van der Waals surface area contributed by atoms with Gasteiger partial charge in [-0.1, -0.05) is 29.3 Å². The van der Waals surface area contributed by atoms with Crippen molar-refractivity contribution in [3.63, 3.8) is 0 Å². The molecule has 6 heteroatoms. The number of nitrogens with zero attached hydrogens (tertiary/aromatic N) is 1. The third-order valence-electron chi connectivity index (χ3n) is 4.25. The fourth-order valence-electron chi connectivity index (χ4n) is 2.93. The Morgan fingerprint density at radius 3 is 2.73 bits per heavy atom. The molecule has 0 spiro atoms. The molecule has 1 fully saturated rings. The van der Waals surface area contributed by atoms with E-state index in [4.69, 9.17) is 23.2 Å². The number of carbonyl (C=O) groups is 2. The summed E-state index contributed by atoms with van der Waals surface area (Å²) < 4.78 is 0. The van der Waals surface area contributed by atoms with E-state index in [1.54, 1.807) is 17.0 Å². The smallest absolute Gasteiger partial charge is 0.308 e. The van der Waals surface area contributed by atoms with Crippen molar-refractivity contribution in [1.29, 1.82) is 0 Å². The lowest BCUT2D eigenvalue weighted by Crippen LogP contribution is -2.49. The van der Waals surface area contributed by atoms with Gasteiger partial charge in [-0.2, -0.15) is 0 Å². The number of halogens is 2. The Balaban J connectivity index is 1.98. The molecule has 1 heterocycles. The Morgan fingerprint density at radius 2 is 2.09 bits per heavy atom. The molecule has 0 saturated carbocycles. The maximum Gasteiger partial charge on any atom is 0.308 e. The van der Waals surface area contributed by atoms with Crippen LogP contribution in [0.2, 0.25) is 10.0 Å². The van der Waals surface area contributed by atoms with Crippen molar-refractivity contribution in [2.45, 2.75) is 38.6 Å². The molecule has 0 aliphatic carbocycles. The zero-order valence-corrected chi connectivity index (χ0v) is 13.9. The van der Waals surface area contributed by atoms with Crippen LogP contribution in [0.1, 0.15) is 31.7 Å². The summed E-state index contributed by atoms with van der Waals surface area (Å²) in [6, 6.07) is 4.96. The van der Waals surface area contributed by atoms with Gasteiger partial charge in [-0.3, -0.25) is 9.59 Å². The minimum Gasteiger partial charge on any atom is -0.481 e. The third-order valence-corrected chi connectivity index (χ3v) is 4.84. The molecule has 2 atom stereocenters. The van der Waals surface area contributed by atoms with Gasteiger partial charge in [0.15, 0.2) is 0 Å². The van der Waals surface area contributed by atoms with Crippen LogP contribution in [0.4, 0.5) is 0 Å². The summed E-state index contributed by atoms with van der Waals surface area (Å²) in [4.78, 5) is 25.3. The largest absolute Gasteiger partial charge is 0.481 e. The van der Waals surface area contributed by atoms with Crippen molar-refractivity contribution >= 4 is 35.1 Å². The van der Waals surface area contributed by atoms with Crippen LogP contribution in [-0.2, 0) is 16.0 Å². The van der Waals surface area contributed by atoms with Crippen LogP contribution in [0.15, 0.2) is 18.2 Å². The zero-order chi connectivity index (χ0) is 16.3. The number of carboxylic acid groups (broad SMARTS) is 1. The van der Waals surface area contributed by atoms with Crippen molar-refractivity contribution in [3.8, 4) is 0 Å². The van der Waals surface area contributed by atoms with Gasteiger partial charge in [0.05, 0.1) is 5.92 Å². The van der Waals surface area contributed by atoms with Gasteiger partial charge in [-0.25, -0.2) is 0 Å². The van der Waals surface area contributed by atoms with Gasteiger partial charge in [-0.15, -0.1) is 0 Å². The van der Waals surface area contributed by atoms with E-state index in [9.17, 15) is 14.7 Å². The predicted molar refractivity (Wildman–Crippen MR) is 86.3 cm³/mol. The van der Waals surface area contributed by atoms with Gasteiger partial charge >= 0.3 is 5.97 Å². The van der Waals surface area contributed by atoms with E-state index in [2.05, 4.69) is 0 Å². The molecule has 1 saturated heterocycles. The standard InChI is InChI=1S/C16H19Cl2NO3/c1-10-13(16(21)22)3-2-8-19(10)15(20)7-5-11-4-6-12(17)9-14(11)18/h4,6,9-10,13H,2-3,5,7-8H2,1H3,(H,21,22)/t10-,13-/m1/s1. The zero-order valence-electron chi connectivity index (χ0n) is 12.4. The van der Waals surface area contributed by atoms with Gasteiger partial charge in [0, 0.05) is 29.1 Å². The first-order valence-corrected chi connectivity index (χ1v) is 8.12. The van der Waals surface area contributed by atoms with Crippen LogP contribution in [-0.4, -0.2) is 34.5 Å². The highest BCUT2D eigenvalue weighted by atomic mass is 35.5. The molecule has 1 aliphatic heterocycles. The number of rotatable bonds is 4. The molecule has 22 heavy (non-hydrogen) atoms. The molecule has 0 radical (unpaired) electrons. The molecule has 0 bridgehead atoms. The molecule has 120 valence electrons. The molecule has 0 aromatic heterocycles. The molecular weight excluding hydrogens is 325 g/mol. The topological polar surface area (TPSA) is 57.6 Å². The summed E-state index contributed by atoms with van der Waals surface area (Å²) in [6.07, 6.45) is 2.20. The van der Waals surface area contributed by atoms with Gasteiger partial charge < -0.3 is 10.0 Å². The second kappa shape index (κ2) is 7.34. The first-order chi connectivity index (χ1) is 10.4. The van der Waals surface area contributed by atoms with Crippen molar-refractivity contribution in [3.05, 3.63) is 33.8 Å². The number of carbonyl (C=O) groups excluding carboxylic acids is 1. The minimum atomic E-state index is -0.828. The molecule has 4 nitrogen and oxygen atoms in total. The van der Waals surface area contributed by atoms with E-state index in [-0.39, 0.29) is 11.9 Å². The van der Waals surface area contributed by atoms with Gasteiger partial charge in [-0.05, 0) is 43.9 Å². The maximum absolute atomic E-state index is 12.4. The summed E-state index contributed by atoms with van der Waals surface area (Å²) in [5, 5.41) is 10.3.